The van der Waals surface area contributed by atoms with Gasteiger partial charge in [-0.3, -0.25) is 9.59 Å². The van der Waals surface area contributed by atoms with Gasteiger partial charge in [-0.2, -0.15) is 0 Å². The zero-order valence-corrected chi connectivity index (χ0v) is 16.5. The van der Waals surface area contributed by atoms with Crippen molar-refractivity contribution in [2.75, 3.05) is 5.32 Å². The number of nitrogens with one attached hydrogen (secondary N) is 1. The number of rotatable bonds is 3. The fourth-order valence-electron chi connectivity index (χ4n) is 3.72. The van der Waals surface area contributed by atoms with Gasteiger partial charge in [-0.15, -0.1) is 0 Å². The molecule has 1 amide bonds. The second-order valence-corrected chi connectivity index (χ2v) is 7.83. The van der Waals surface area contributed by atoms with E-state index in [0.29, 0.717) is 33.5 Å². The lowest BCUT2D eigenvalue weighted by atomic mass is 9.90. The third-order valence-corrected chi connectivity index (χ3v) is 5.13. The Balaban J connectivity index is 1.73. The Morgan fingerprint density at radius 2 is 1.86 bits per heavy atom. The maximum Gasteiger partial charge on any atom is 0.291 e. The molecule has 0 atom stereocenters. The Bertz CT molecular complexity index is 1090. The van der Waals surface area contributed by atoms with Crippen LogP contribution in [0.1, 0.15) is 59.2 Å². The number of amides is 1. The van der Waals surface area contributed by atoms with Gasteiger partial charge in [-0.1, -0.05) is 19.1 Å². The van der Waals surface area contributed by atoms with Crippen LogP contribution in [0.2, 0.25) is 0 Å². The van der Waals surface area contributed by atoms with E-state index in [0.717, 1.165) is 6.42 Å². The third kappa shape index (κ3) is 3.07. The van der Waals surface area contributed by atoms with E-state index >= 15 is 0 Å². The molecule has 144 valence electrons. The predicted molar refractivity (Wildman–Crippen MR) is 108 cm³/mol. The quantitative estimate of drug-likeness (QED) is 0.672. The summed E-state index contributed by atoms with van der Waals surface area (Å²) in [5.74, 6) is 0.416. The van der Waals surface area contributed by atoms with Crippen LogP contribution < -0.4 is 10.1 Å². The summed E-state index contributed by atoms with van der Waals surface area (Å²) in [5, 5.41) is 3.52. The summed E-state index contributed by atoms with van der Waals surface area (Å²) in [7, 11) is 0. The standard InChI is InChI=1S/C23H23NO4/c1-5-14-6-8-15(9-7-14)24-22(26)21-13(2)19-17(27-21)10-11-18-20(19)16(25)12-23(3,4)28-18/h6-11H,5,12H2,1-4H3,(H,24,26). The number of ketones is 1. The Hall–Kier alpha value is -3.08. The Labute approximate surface area is 163 Å². The van der Waals surface area contributed by atoms with Crippen LogP contribution >= 0.6 is 0 Å². The largest absolute Gasteiger partial charge is 0.487 e. The van der Waals surface area contributed by atoms with E-state index in [1.165, 1.54) is 5.56 Å². The maximum atomic E-state index is 12.8. The topological polar surface area (TPSA) is 68.5 Å². The molecule has 0 radical (unpaired) electrons. The molecule has 5 heteroatoms. The first-order valence-corrected chi connectivity index (χ1v) is 9.47. The highest BCUT2D eigenvalue weighted by Gasteiger charge is 2.35. The van der Waals surface area contributed by atoms with E-state index in [9.17, 15) is 9.59 Å². The molecule has 2 heterocycles. The zero-order chi connectivity index (χ0) is 20.1. The molecular formula is C23H23NO4. The average Bonchev–Trinajstić information content (AvgIpc) is 2.98. The maximum absolute atomic E-state index is 12.8. The lowest BCUT2D eigenvalue weighted by Gasteiger charge is -2.31. The summed E-state index contributed by atoms with van der Waals surface area (Å²) >= 11 is 0. The summed E-state index contributed by atoms with van der Waals surface area (Å²) in [6.45, 7) is 7.66. The highest BCUT2D eigenvalue weighted by molar-refractivity contribution is 6.14. The van der Waals surface area contributed by atoms with E-state index < -0.39 is 5.60 Å². The Morgan fingerprint density at radius 3 is 2.54 bits per heavy atom. The number of Topliss-reactive ketones (excluding diaryl/α,β-unsaturated/α-hetero) is 1. The first kappa shape index (κ1) is 18.3. The molecular weight excluding hydrogens is 354 g/mol. The lowest BCUT2D eigenvalue weighted by molar-refractivity contribution is 0.0623. The highest BCUT2D eigenvalue weighted by Crippen LogP contribution is 2.40. The lowest BCUT2D eigenvalue weighted by Crippen LogP contribution is -2.35. The number of aryl methyl sites for hydroxylation is 2. The molecule has 0 aliphatic carbocycles. The van der Waals surface area contributed by atoms with Crippen molar-refractivity contribution in [2.45, 2.75) is 46.1 Å². The molecule has 0 unspecified atom stereocenters. The summed E-state index contributed by atoms with van der Waals surface area (Å²) < 4.78 is 11.8. The second-order valence-electron chi connectivity index (χ2n) is 7.83. The number of ether oxygens (including phenoxy) is 1. The summed E-state index contributed by atoms with van der Waals surface area (Å²) in [6, 6.07) is 11.2. The minimum atomic E-state index is -0.541. The number of anilines is 1. The van der Waals surface area contributed by atoms with Gasteiger partial charge in [0.15, 0.2) is 11.5 Å². The van der Waals surface area contributed by atoms with Gasteiger partial charge in [0.05, 0.1) is 12.0 Å². The Kier molecular flexibility index (Phi) is 4.26. The average molecular weight is 377 g/mol. The minimum Gasteiger partial charge on any atom is -0.487 e. The molecule has 0 saturated heterocycles. The molecule has 1 aliphatic heterocycles. The van der Waals surface area contributed by atoms with Gasteiger partial charge in [0.2, 0.25) is 0 Å². The SMILES string of the molecule is CCc1ccc(NC(=O)c2oc3ccc4c(c3c2C)C(=O)CC(C)(C)O4)cc1. The van der Waals surface area contributed by atoms with Crippen molar-refractivity contribution < 1.29 is 18.7 Å². The van der Waals surface area contributed by atoms with Crippen molar-refractivity contribution in [1.29, 1.82) is 0 Å². The molecule has 4 rings (SSSR count). The van der Waals surface area contributed by atoms with Gasteiger partial charge in [0, 0.05) is 16.6 Å². The van der Waals surface area contributed by atoms with Crippen molar-refractivity contribution in [1.82, 2.24) is 0 Å². The molecule has 5 nitrogen and oxygen atoms in total. The monoisotopic (exact) mass is 377 g/mol. The van der Waals surface area contributed by atoms with Gasteiger partial charge >= 0.3 is 0 Å². The molecule has 0 bridgehead atoms. The number of furan rings is 1. The van der Waals surface area contributed by atoms with Gasteiger partial charge in [-0.05, 0) is 57.0 Å². The van der Waals surface area contributed by atoms with Gasteiger partial charge in [0.1, 0.15) is 16.9 Å². The molecule has 2 aromatic carbocycles. The van der Waals surface area contributed by atoms with E-state index in [-0.39, 0.29) is 23.9 Å². The fourth-order valence-corrected chi connectivity index (χ4v) is 3.72. The molecule has 0 fully saturated rings. The first-order chi connectivity index (χ1) is 13.3. The van der Waals surface area contributed by atoms with Crippen LogP contribution in [0.25, 0.3) is 11.0 Å². The van der Waals surface area contributed by atoms with Crippen molar-refractivity contribution in [3.8, 4) is 5.75 Å². The number of fused-ring (bicyclic) bond motifs is 3. The zero-order valence-electron chi connectivity index (χ0n) is 16.5. The molecule has 3 aromatic rings. The smallest absolute Gasteiger partial charge is 0.291 e. The second kappa shape index (κ2) is 6.51. The number of hydrogen-bond donors (Lipinski definition) is 1. The fraction of sp³-hybridized carbons (Fsp3) is 0.304. The molecule has 1 aromatic heterocycles. The molecule has 0 spiro atoms. The third-order valence-electron chi connectivity index (χ3n) is 5.13. The van der Waals surface area contributed by atoms with Gasteiger partial charge < -0.3 is 14.5 Å². The van der Waals surface area contributed by atoms with E-state index in [4.69, 9.17) is 9.15 Å². The minimum absolute atomic E-state index is 0.00265. The van der Waals surface area contributed by atoms with Crippen LogP contribution in [0.4, 0.5) is 5.69 Å². The number of carbonyl (C=O) groups excluding carboxylic acids is 2. The van der Waals surface area contributed by atoms with Crippen LogP contribution in [0.15, 0.2) is 40.8 Å². The summed E-state index contributed by atoms with van der Waals surface area (Å²) in [4.78, 5) is 25.6. The highest BCUT2D eigenvalue weighted by atomic mass is 16.5. The molecule has 1 aliphatic rings. The van der Waals surface area contributed by atoms with Crippen LogP contribution in [-0.2, 0) is 6.42 Å². The van der Waals surface area contributed by atoms with Crippen molar-refractivity contribution >= 4 is 28.3 Å². The number of benzene rings is 2. The van der Waals surface area contributed by atoms with E-state index in [1.54, 1.807) is 19.1 Å². The summed E-state index contributed by atoms with van der Waals surface area (Å²) in [5.41, 5.74) is 3.02. The van der Waals surface area contributed by atoms with Crippen molar-refractivity contribution in [3.05, 3.63) is 58.8 Å². The van der Waals surface area contributed by atoms with Crippen molar-refractivity contribution in [2.24, 2.45) is 0 Å². The van der Waals surface area contributed by atoms with Gasteiger partial charge in [-0.25, -0.2) is 0 Å². The van der Waals surface area contributed by atoms with Crippen LogP contribution in [0, 0.1) is 6.92 Å². The van der Waals surface area contributed by atoms with Crippen LogP contribution in [0.5, 0.6) is 5.75 Å². The molecule has 1 N–H and O–H groups in total. The normalized spacial score (nSPS) is 15.2. The number of hydrogen-bond acceptors (Lipinski definition) is 4. The number of carbonyl (C=O) groups is 2. The van der Waals surface area contributed by atoms with Crippen molar-refractivity contribution in [3.63, 3.8) is 0 Å². The Morgan fingerprint density at radius 1 is 1.14 bits per heavy atom. The predicted octanol–water partition coefficient (Wildman–Crippen LogP) is 5.30. The van der Waals surface area contributed by atoms with E-state index in [1.807, 2.05) is 38.1 Å². The molecule has 28 heavy (non-hydrogen) atoms. The first-order valence-electron chi connectivity index (χ1n) is 9.47. The van der Waals surface area contributed by atoms with Crippen LogP contribution in [-0.4, -0.2) is 17.3 Å². The molecule has 0 saturated carbocycles. The van der Waals surface area contributed by atoms with Crippen LogP contribution in [0.3, 0.4) is 0 Å². The van der Waals surface area contributed by atoms with E-state index in [2.05, 4.69) is 12.2 Å². The summed E-state index contributed by atoms with van der Waals surface area (Å²) in [6.07, 6.45) is 1.23. The van der Waals surface area contributed by atoms with Gasteiger partial charge in [0.25, 0.3) is 5.91 Å².